The lowest BCUT2D eigenvalue weighted by atomic mass is 9.97. The second-order valence-corrected chi connectivity index (χ2v) is 6.11. The Balaban J connectivity index is 2.04. The molecule has 0 bridgehead atoms. The van der Waals surface area contributed by atoms with Crippen LogP contribution in [0, 0.1) is 5.41 Å². The molecule has 16 heavy (non-hydrogen) atoms. The number of thioether (sulfide) groups is 1. The maximum absolute atomic E-state index is 5.92. The Bertz CT molecular complexity index is 415. The second-order valence-electron chi connectivity index (χ2n) is 4.71. The van der Waals surface area contributed by atoms with E-state index in [2.05, 4.69) is 24.2 Å². The second kappa shape index (κ2) is 4.68. The fraction of sp³-hybridized carbons (Fsp3) is 0.417. The molecule has 0 saturated carbocycles. The number of halogens is 1. The van der Waals surface area contributed by atoms with Gasteiger partial charge in [-0.15, -0.1) is 0 Å². The van der Waals surface area contributed by atoms with Crippen molar-refractivity contribution in [2.75, 3.05) is 17.6 Å². The predicted molar refractivity (Wildman–Crippen MR) is 73.6 cm³/mol. The van der Waals surface area contributed by atoms with Gasteiger partial charge in [0.2, 0.25) is 0 Å². The number of rotatable bonds is 1. The van der Waals surface area contributed by atoms with Gasteiger partial charge in [-0.2, -0.15) is 0 Å². The minimum absolute atomic E-state index is 0.310. The topological polar surface area (TPSA) is 24.4 Å². The van der Waals surface area contributed by atoms with Crippen LogP contribution in [-0.2, 0) is 0 Å². The maximum Gasteiger partial charge on any atom is 0.161 e. The minimum Gasteiger partial charge on any atom is -0.335 e. The van der Waals surface area contributed by atoms with E-state index in [0.29, 0.717) is 5.41 Å². The smallest absolute Gasteiger partial charge is 0.161 e. The number of hydrogen-bond donors (Lipinski definition) is 1. The molecule has 0 unspecified atom stereocenters. The average Bonchev–Trinajstić information content (AvgIpc) is 2.21. The first-order valence-electron chi connectivity index (χ1n) is 5.25. The highest BCUT2D eigenvalue weighted by atomic mass is 35.5. The molecular formula is C12H15ClN2S. The predicted octanol–water partition coefficient (Wildman–Crippen LogP) is 3.88. The average molecular weight is 255 g/mol. The molecule has 1 aliphatic rings. The molecule has 1 aliphatic heterocycles. The summed E-state index contributed by atoms with van der Waals surface area (Å²) in [5.41, 5.74) is 1.31. The molecule has 0 radical (unpaired) electrons. The highest BCUT2D eigenvalue weighted by Gasteiger charge is 2.23. The van der Waals surface area contributed by atoms with Gasteiger partial charge in [0.05, 0.1) is 0 Å². The van der Waals surface area contributed by atoms with E-state index in [1.165, 1.54) is 0 Å². The zero-order valence-corrected chi connectivity index (χ0v) is 11.0. The van der Waals surface area contributed by atoms with Crippen LogP contribution in [0.15, 0.2) is 29.3 Å². The highest BCUT2D eigenvalue weighted by Crippen LogP contribution is 2.28. The summed E-state index contributed by atoms with van der Waals surface area (Å²) < 4.78 is 0. The Labute approximate surface area is 105 Å². The molecule has 2 rings (SSSR count). The van der Waals surface area contributed by atoms with E-state index in [9.17, 15) is 0 Å². The van der Waals surface area contributed by atoms with Crippen LogP contribution in [0.25, 0.3) is 0 Å². The first-order valence-corrected chi connectivity index (χ1v) is 6.61. The third kappa shape index (κ3) is 3.16. The zero-order valence-electron chi connectivity index (χ0n) is 9.46. The molecule has 0 amide bonds. The van der Waals surface area contributed by atoms with Crippen LogP contribution in [0.5, 0.6) is 0 Å². The van der Waals surface area contributed by atoms with Crippen molar-refractivity contribution in [2.45, 2.75) is 13.8 Å². The molecule has 86 valence electrons. The molecule has 1 aromatic carbocycles. The summed E-state index contributed by atoms with van der Waals surface area (Å²) in [5, 5.41) is 5.02. The Kier molecular flexibility index (Phi) is 3.45. The zero-order chi connectivity index (χ0) is 11.6. The SMILES string of the molecule is CC1(C)CN=C(Nc2cccc(Cl)c2)SC1. The van der Waals surface area contributed by atoms with E-state index in [1.54, 1.807) is 11.8 Å². The van der Waals surface area contributed by atoms with Crippen molar-refractivity contribution < 1.29 is 0 Å². The Morgan fingerprint density at radius 1 is 1.44 bits per heavy atom. The van der Waals surface area contributed by atoms with Crippen molar-refractivity contribution in [1.82, 2.24) is 0 Å². The van der Waals surface area contributed by atoms with Gasteiger partial charge in [0, 0.05) is 23.0 Å². The summed E-state index contributed by atoms with van der Waals surface area (Å²) in [6.07, 6.45) is 0. The largest absolute Gasteiger partial charge is 0.335 e. The minimum atomic E-state index is 0.310. The Morgan fingerprint density at radius 3 is 2.88 bits per heavy atom. The van der Waals surface area contributed by atoms with Crippen molar-refractivity contribution >= 4 is 34.2 Å². The Hall–Kier alpha value is -0.670. The van der Waals surface area contributed by atoms with E-state index in [0.717, 1.165) is 28.2 Å². The molecule has 0 saturated heterocycles. The van der Waals surface area contributed by atoms with Gasteiger partial charge < -0.3 is 5.32 Å². The number of aliphatic imine (C=N–C) groups is 1. The third-order valence-corrected chi connectivity index (χ3v) is 3.99. The summed E-state index contributed by atoms with van der Waals surface area (Å²) in [5.74, 6) is 1.10. The van der Waals surface area contributed by atoms with E-state index in [-0.39, 0.29) is 0 Å². The standard InChI is InChI=1S/C12H15ClN2S/c1-12(2)7-14-11(16-8-12)15-10-5-3-4-9(13)6-10/h3-6H,7-8H2,1-2H3,(H,14,15). The molecule has 0 aliphatic carbocycles. The lowest BCUT2D eigenvalue weighted by Crippen LogP contribution is -2.27. The molecule has 1 heterocycles. The number of hydrogen-bond acceptors (Lipinski definition) is 3. The van der Waals surface area contributed by atoms with E-state index in [4.69, 9.17) is 11.6 Å². The normalized spacial score (nSPS) is 19.1. The number of benzene rings is 1. The van der Waals surface area contributed by atoms with E-state index < -0.39 is 0 Å². The van der Waals surface area contributed by atoms with Crippen LogP contribution in [0.3, 0.4) is 0 Å². The fourth-order valence-electron chi connectivity index (χ4n) is 1.41. The summed E-state index contributed by atoms with van der Waals surface area (Å²) in [4.78, 5) is 4.53. The summed E-state index contributed by atoms with van der Waals surface area (Å²) >= 11 is 7.69. The van der Waals surface area contributed by atoms with E-state index >= 15 is 0 Å². The molecule has 1 aromatic rings. The van der Waals surface area contributed by atoms with Crippen LogP contribution in [0.1, 0.15) is 13.8 Å². The lowest BCUT2D eigenvalue weighted by Gasteiger charge is -2.27. The molecule has 2 nitrogen and oxygen atoms in total. The van der Waals surface area contributed by atoms with Crippen LogP contribution in [0.4, 0.5) is 5.69 Å². The van der Waals surface area contributed by atoms with Crippen molar-refractivity contribution in [1.29, 1.82) is 0 Å². The molecule has 0 atom stereocenters. The fourth-order valence-corrected chi connectivity index (χ4v) is 2.56. The molecule has 4 heteroatoms. The number of nitrogens with zero attached hydrogens (tertiary/aromatic N) is 1. The number of anilines is 1. The maximum atomic E-state index is 5.92. The van der Waals surface area contributed by atoms with Gasteiger partial charge in [0.1, 0.15) is 0 Å². The Morgan fingerprint density at radius 2 is 2.25 bits per heavy atom. The van der Waals surface area contributed by atoms with Crippen molar-refractivity contribution in [3.63, 3.8) is 0 Å². The van der Waals surface area contributed by atoms with Crippen molar-refractivity contribution in [2.24, 2.45) is 10.4 Å². The first kappa shape index (κ1) is 11.8. The summed E-state index contributed by atoms with van der Waals surface area (Å²) in [6.45, 7) is 5.35. The van der Waals surface area contributed by atoms with Crippen LogP contribution >= 0.6 is 23.4 Å². The van der Waals surface area contributed by atoms with Gasteiger partial charge >= 0.3 is 0 Å². The van der Waals surface area contributed by atoms with Crippen LogP contribution in [-0.4, -0.2) is 17.5 Å². The third-order valence-electron chi connectivity index (χ3n) is 2.33. The summed E-state index contributed by atoms with van der Waals surface area (Å²) in [6, 6.07) is 7.70. The molecular weight excluding hydrogens is 240 g/mol. The quantitative estimate of drug-likeness (QED) is 0.823. The number of nitrogens with one attached hydrogen (secondary N) is 1. The van der Waals surface area contributed by atoms with Crippen molar-refractivity contribution in [3.05, 3.63) is 29.3 Å². The molecule has 0 spiro atoms. The van der Waals surface area contributed by atoms with Crippen molar-refractivity contribution in [3.8, 4) is 0 Å². The molecule has 0 fully saturated rings. The summed E-state index contributed by atoms with van der Waals surface area (Å²) in [7, 11) is 0. The lowest BCUT2D eigenvalue weighted by molar-refractivity contribution is 0.438. The molecule has 1 N–H and O–H groups in total. The van der Waals surface area contributed by atoms with Crippen LogP contribution in [0.2, 0.25) is 5.02 Å². The van der Waals surface area contributed by atoms with E-state index in [1.807, 2.05) is 24.3 Å². The van der Waals surface area contributed by atoms with Gasteiger partial charge in [0.15, 0.2) is 5.17 Å². The molecule has 0 aromatic heterocycles. The van der Waals surface area contributed by atoms with Crippen LogP contribution < -0.4 is 5.32 Å². The number of amidine groups is 1. The van der Waals surface area contributed by atoms with Gasteiger partial charge in [-0.05, 0) is 23.6 Å². The monoisotopic (exact) mass is 254 g/mol. The van der Waals surface area contributed by atoms with Gasteiger partial charge in [-0.1, -0.05) is 43.3 Å². The van der Waals surface area contributed by atoms with Gasteiger partial charge in [0.25, 0.3) is 0 Å². The first-order chi connectivity index (χ1) is 7.55. The highest BCUT2D eigenvalue weighted by molar-refractivity contribution is 8.14. The van der Waals surface area contributed by atoms with Gasteiger partial charge in [-0.25, -0.2) is 0 Å². The van der Waals surface area contributed by atoms with Gasteiger partial charge in [-0.3, -0.25) is 4.99 Å².